The Hall–Kier alpha value is -0.800. The van der Waals surface area contributed by atoms with Gasteiger partial charge in [-0.15, -0.1) is 0 Å². The average molecular weight is 295 g/mol. The summed E-state index contributed by atoms with van der Waals surface area (Å²) in [5.74, 6) is 0.711. The van der Waals surface area contributed by atoms with Gasteiger partial charge in [-0.25, -0.2) is 0 Å². The molecule has 3 heteroatoms. The van der Waals surface area contributed by atoms with Crippen molar-refractivity contribution >= 4 is 26.8 Å². The predicted molar refractivity (Wildman–Crippen MR) is 77.3 cm³/mol. The molecule has 0 aliphatic carbocycles. The van der Waals surface area contributed by atoms with Gasteiger partial charge in [-0.05, 0) is 34.5 Å². The molecule has 0 unspecified atom stereocenters. The second kappa shape index (κ2) is 5.69. The van der Waals surface area contributed by atoms with Crippen molar-refractivity contribution in [3.63, 3.8) is 0 Å². The Morgan fingerprint density at radius 1 is 1.29 bits per heavy atom. The number of benzene rings is 1. The Morgan fingerprint density at radius 3 is 2.82 bits per heavy atom. The summed E-state index contributed by atoms with van der Waals surface area (Å²) in [7, 11) is 0. The Labute approximate surface area is 111 Å². The molecular weight excluding hydrogens is 276 g/mol. The monoisotopic (exact) mass is 294 g/mol. The summed E-state index contributed by atoms with van der Waals surface area (Å²) in [5.41, 5.74) is 1.30. The van der Waals surface area contributed by atoms with Crippen molar-refractivity contribution in [3.8, 4) is 0 Å². The van der Waals surface area contributed by atoms with Crippen LogP contribution in [0, 0.1) is 5.92 Å². The van der Waals surface area contributed by atoms with Crippen molar-refractivity contribution < 1.29 is 0 Å². The standard InChI is InChI=1S/C14H19BrN2/c1-11(2)9-16-7-8-17-10-13(15)12-5-3-4-6-14(12)17/h3-6,10-11,16H,7-9H2,1-2H3. The van der Waals surface area contributed by atoms with Crippen molar-refractivity contribution in [2.75, 3.05) is 13.1 Å². The van der Waals surface area contributed by atoms with Gasteiger partial charge in [0.15, 0.2) is 0 Å². The molecule has 2 rings (SSSR count). The van der Waals surface area contributed by atoms with E-state index >= 15 is 0 Å². The van der Waals surface area contributed by atoms with E-state index < -0.39 is 0 Å². The zero-order chi connectivity index (χ0) is 12.3. The van der Waals surface area contributed by atoms with E-state index in [0.29, 0.717) is 5.92 Å². The third-order valence-electron chi connectivity index (χ3n) is 2.82. The van der Waals surface area contributed by atoms with E-state index in [1.807, 2.05) is 0 Å². The van der Waals surface area contributed by atoms with E-state index in [1.165, 1.54) is 15.4 Å². The second-order valence-electron chi connectivity index (χ2n) is 4.79. The van der Waals surface area contributed by atoms with Gasteiger partial charge in [0.2, 0.25) is 0 Å². The molecule has 0 bridgehead atoms. The zero-order valence-corrected chi connectivity index (χ0v) is 12.0. The van der Waals surface area contributed by atoms with Crippen LogP contribution in [0.15, 0.2) is 34.9 Å². The number of nitrogens with one attached hydrogen (secondary N) is 1. The molecule has 1 N–H and O–H groups in total. The molecular formula is C14H19BrN2. The maximum absolute atomic E-state index is 3.61. The van der Waals surface area contributed by atoms with Gasteiger partial charge in [-0.1, -0.05) is 32.0 Å². The number of hydrogen-bond donors (Lipinski definition) is 1. The molecule has 2 nitrogen and oxygen atoms in total. The van der Waals surface area contributed by atoms with Gasteiger partial charge in [0.1, 0.15) is 0 Å². The highest BCUT2D eigenvalue weighted by molar-refractivity contribution is 9.10. The number of aromatic nitrogens is 1. The van der Waals surface area contributed by atoms with Crippen molar-refractivity contribution in [2.45, 2.75) is 20.4 Å². The molecule has 0 aliphatic heterocycles. The first-order valence-electron chi connectivity index (χ1n) is 6.12. The number of halogens is 1. The second-order valence-corrected chi connectivity index (χ2v) is 5.64. The summed E-state index contributed by atoms with van der Waals surface area (Å²) in [6.45, 7) is 7.58. The van der Waals surface area contributed by atoms with Crippen LogP contribution >= 0.6 is 15.9 Å². The molecule has 0 saturated carbocycles. The molecule has 0 amide bonds. The number of hydrogen-bond acceptors (Lipinski definition) is 1. The Kier molecular flexibility index (Phi) is 4.24. The first-order chi connectivity index (χ1) is 8.18. The van der Waals surface area contributed by atoms with Gasteiger partial charge in [0.25, 0.3) is 0 Å². The summed E-state index contributed by atoms with van der Waals surface area (Å²) in [6.07, 6.45) is 2.17. The van der Waals surface area contributed by atoms with Crippen LogP contribution in [0.25, 0.3) is 10.9 Å². The number of nitrogens with zero attached hydrogens (tertiary/aromatic N) is 1. The molecule has 17 heavy (non-hydrogen) atoms. The van der Waals surface area contributed by atoms with Crippen molar-refractivity contribution in [1.82, 2.24) is 9.88 Å². The molecule has 1 aromatic carbocycles. The number of para-hydroxylation sites is 1. The van der Waals surface area contributed by atoms with Crippen LogP contribution in [0.5, 0.6) is 0 Å². The Balaban J connectivity index is 2.04. The highest BCUT2D eigenvalue weighted by Crippen LogP contribution is 2.25. The quantitative estimate of drug-likeness (QED) is 0.833. The first kappa shape index (κ1) is 12.7. The Morgan fingerprint density at radius 2 is 2.06 bits per heavy atom. The van der Waals surface area contributed by atoms with E-state index in [0.717, 1.165) is 19.6 Å². The minimum atomic E-state index is 0.711. The molecule has 0 atom stereocenters. The maximum atomic E-state index is 3.61. The third kappa shape index (κ3) is 3.11. The largest absolute Gasteiger partial charge is 0.345 e. The normalized spacial score (nSPS) is 11.5. The summed E-state index contributed by atoms with van der Waals surface area (Å²) < 4.78 is 3.48. The lowest BCUT2D eigenvalue weighted by molar-refractivity contribution is 0.529. The fraction of sp³-hybridized carbons (Fsp3) is 0.429. The molecule has 92 valence electrons. The molecule has 1 heterocycles. The Bertz CT molecular complexity index is 488. The average Bonchev–Trinajstić information content (AvgIpc) is 2.63. The smallest absolute Gasteiger partial charge is 0.0492 e. The molecule has 0 spiro atoms. The minimum absolute atomic E-state index is 0.711. The van der Waals surface area contributed by atoms with Crippen molar-refractivity contribution in [3.05, 3.63) is 34.9 Å². The number of rotatable bonds is 5. The molecule has 0 saturated heterocycles. The van der Waals surface area contributed by atoms with E-state index in [1.54, 1.807) is 0 Å². The van der Waals surface area contributed by atoms with Gasteiger partial charge >= 0.3 is 0 Å². The predicted octanol–water partition coefficient (Wildman–Crippen LogP) is 3.65. The fourth-order valence-corrected chi connectivity index (χ4v) is 2.56. The molecule has 2 aromatic rings. The van der Waals surface area contributed by atoms with E-state index in [2.05, 4.69) is 70.1 Å². The molecule has 0 aliphatic rings. The lowest BCUT2D eigenvalue weighted by Crippen LogP contribution is -2.23. The van der Waals surface area contributed by atoms with Crippen molar-refractivity contribution in [2.24, 2.45) is 5.92 Å². The van der Waals surface area contributed by atoms with Gasteiger partial charge in [-0.2, -0.15) is 0 Å². The van der Waals surface area contributed by atoms with E-state index in [-0.39, 0.29) is 0 Å². The van der Waals surface area contributed by atoms with Gasteiger partial charge < -0.3 is 9.88 Å². The zero-order valence-electron chi connectivity index (χ0n) is 10.4. The van der Waals surface area contributed by atoms with Crippen molar-refractivity contribution in [1.29, 1.82) is 0 Å². The van der Waals surface area contributed by atoms with Crippen LogP contribution in [0.1, 0.15) is 13.8 Å². The lowest BCUT2D eigenvalue weighted by atomic mass is 10.2. The number of fused-ring (bicyclic) bond motifs is 1. The van der Waals surface area contributed by atoms with Crippen LogP contribution in [-0.2, 0) is 6.54 Å². The molecule has 1 aromatic heterocycles. The van der Waals surface area contributed by atoms with Crippen LogP contribution in [0.2, 0.25) is 0 Å². The van der Waals surface area contributed by atoms with Gasteiger partial charge in [0.05, 0.1) is 0 Å². The summed E-state index contributed by atoms with van der Waals surface area (Å²) in [4.78, 5) is 0. The van der Waals surface area contributed by atoms with E-state index in [9.17, 15) is 0 Å². The van der Waals surface area contributed by atoms with Crippen LogP contribution < -0.4 is 5.32 Å². The summed E-state index contributed by atoms with van der Waals surface area (Å²) >= 11 is 3.61. The third-order valence-corrected chi connectivity index (χ3v) is 3.45. The van der Waals surface area contributed by atoms with Crippen LogP contribution in [-0.4, -0.2) is 17.7 Å². The topological polar surface area (TPSA) is 17.0 Å². The van der Waals surface area contributed by atoms with E-state index in [4.69, 9.17) is 0 Å². The van der Waals surface area contributed by atoms with Crippen LogP contribution in [0.3, 0.4) is 0 Å². The fourth-order valence-electron chi connectivity index (χ4n) is 1.98. The van der Waals surface area contributed by atoms with Gasteiger partial charge in [-0.3, -0.25) is 0 Å². The summed E-state index contributed by atoms with van der Waals surface area (Å²) in [5, 5.41) is 4.76. The van der Waals surface area contributed by atoms with Crippen LogP contribution in [0.4, 0.5) is 0 Å². The highest BCUT2D eigenvalue weighted by atomic mass is 79.9. The maximum Gasteiger partial charge on any atom is 0.0492 e. The molecule has 0 fully saturated rings. The summed E-state index contributed by atoms with van der Waals surface area (Å²) in [6, 6.07) is 8.49. The SMILES string of the molecule is CC(C)CNCCn1cc(Br)c2ccccc21. The lowest BCUT2D eigenvalue weighted by Gasteiger charge is -2.08. The minimum Gasteiger partial charge on any atom is -0.345 e. The van der Waals surface area contributed by atoms with Gasteiger partial charge in [0, 0.05) is 34.7 Å². The highest BCUT2D eigenvalue weighted by Gasteiger charge is 2.04. The first-order valence-corrected chi connectivity index (χ1v) is 6.92. The molecule has 0 radical (unpaired) electrons.